The summed E-state index contributed by atoms with van der Waals surface area (Å²) in [6.45, 7) is 0.908. The molecule has 1 aliphatic heterocycles. The molecule has 3 rings (SSSR count). The summed E-state index contributed by atoms with van der Waals surface area (Å²) in [5.41, 5.74) is 0.475. The molecule has 1 N–H and O–H groups in total. The molecule has 2 aromatic rings. The Morgan fingerprint density at radius 1 is 1.62 bits per heavy atom. The quantitative estimate of drug-likeness (QED) is 0.931. The highest BCUT2D eigenvalue weighted by Crippen LogP contribution is 2.26. The van der Waals surface area contributed by atoms with Crippen molar-refractivity contribution >= 4 is 17.5 Å². The standard InChI is InChI=1S/C13H15ClN4O3/c1-18-7-8(14)5-9(18)12(19)15-6-11-16-13(21-17-11)10-3-2-4-20-10/h5,7,10H,2-4,6H2,1H3,(H,15,19)/t10-/m1/s1. The molecule has 1 amide bonds. The Kier molecular flexibility index (Phi) is 3.94. The maximum absolute atomic E-state index is 12.0. The van der Waals surface area contributed by atoms with Gasteiger partial charge in [-0.25, -0.2) is 0 Å². The number of nitrogens with one attached hydrogen (secondary N) is 1. The maximum atomic E-state index is 12.0. The Morgan fingerprint density at radius 2 is 2.48 bits per heavy atom. The van der Waals surface area contributed by atoms with E-state index < -0.39 is 0 Å². The van der Waals surface area contributed by atoms with Gasteiger partial charge in [-0.2, -0.15) is 4.98 Å². The maximum Gasteiger partial charge on any atom is 0.268 e. The number of nitrogens with zero attached hydrogens (tertiary/aromatic N) is 3. The van der Waals surface area contributed by atoms with Crippen LogP contribution in [0.2, 0.25) is 5.02 Å². The molecule has 0 aromatic carbocycles. The Labute approximate surface area is 126 Å². The van der Waals surface area contributed by atoms with Crippen LogP contribution < -0.4 is 5.32 Å². The largest absolute Gasteiger partial charge is 0.368 e. The lowest BCUT2D eigenvalue weighted by Gasteiger charge is -2.03. The molecular formula is C13H15ClN4O3. The summed E-state index contributed by atoms with van der Waals surface area (Å²) in [6.07, 6.45) is 3.43. The zero-order valence-electron chi connectivity index (χ0n) is 11.5. The number of aryl methyl sites for hydroxylation is 1. The Hall–Kier alpha value is -1.86. The predicted octanol–water partition coefficient (Wildman–Crippen LogP) is 1.84. The van der Waals surface area contributed by atoms with Gasteiger partial charge in [-0.1, -0.05) is 16.8 Å². The molecule has 0 saturated carbocycles. The third-order valence-corrected chi connectivity index (χ3v) is 3.51. The van der Waals surface area contributed by atoms with Crippen LogP contribution in [0.25, 0.3) is 0 Å². The van der Waals surface area contributed by atoms with E-state index in [0.29, 0.717) is 29.0 Å². The van der Waals surface area contributed by atoms with E-state index in [9.17, 15) is 4.79 Å². The van der Waals surface area contributed by atoms with E-state index in [-0.39, 0.29) is 18.6 Å². The van der Waals surface area contributed by atoms with Gasteiger partial charge in [0.15, 0.2) is 5.82 Å². The van der Waals surface area contributed by atoms with Crippen LogP contribution in [0, 0.1) is 0 Å². The lowest BCUT2D eigenvalue weighted by atomic mass is 10.2. The highest BCUT2D eigenvalue weighted by atomic mass is 35.5. The zero-order valence-corrected chi connectivity index (χ0v) is 12.3. The predicted molar refractivity (Wildman–Crippen MR) is 73.8 cm³/mol. The molecule has 7 nitrogen and oxygen atoms in total. The fourth-order valence-corrected chi connectivity index (χ4v) is 2.49. The summed E-state index contributed by atoms with van der Waals surface area (Å²) in [4.78, 5) is 16.2. The van der Waals surface area contributed by atoms with Crippen LogP contribution in [0.1, 0.15) is 41.1 Å². The van der Waals surface area contributed by atoms with Crippen molar-refractivity contribution in [1.29, 1.82) is 0 Å². The monoisotopic (exact) mass is 310 g/mol. The lowest BCUT2D eigenvalue weighted by molar-refractivity contribution is 0.0835. The lowest BCUT2D eigenvalue weighted by Crippen LogP contribution is -2.25. The summed E-state index contributed by atoms with van der Waals surface area (Å²) >= 11 is 5.85. The fourth-order valence-electron chi connectivity index (χ4n) is 2.24. The van der Waals surface area contributed by atoms with Crippen molar-refractivity contribution in [3.63, 3.8) is 0 Å². The molecule has 3 heterocycles. The Morgan fingerprint density at radius 3 is 3.14 bits per heavy atom. The van der Waals surface area contributed by atoms with Crippen LogP contribution in [-0.2, 0) is 18.3 Å². The van der Waals surface area contributed by atoms with Gasteiger partial charge in [-0.3, -0.25) is 4.79 Å². The van der Waals surface area contributed by atoms with Crippen LogP contribution in [0.3, 0.4) is 0 Å². The molecule has 21 heavy (non-hydrogen) atoms. The van der Waals surface area contributed by atoms with Gasteiger partial charge in [-0.15, -0.1) is 0 Å². The molecule has 112 valence electrons. The third kappa shape index (κ3) is 3.08. The molecule has 2 aromatic heterocycles. The van der Waals surface area contributed by atoms with Crippen LogP contribution >= 0.6 is 11.6 Å². The van der Waals surface area contributed by atoms with Crippen molar-refractivity contribution in [1.82, 2.24) is 20.0 Å². The van der Waals surface area contributed by atoms with Gasteiger partial charge in [-0.05, 0) is 18.9 Å². The summed E-state index contributed by atoms with van der Waals surface area (Å²) in [7, 11) is 1.75. The van der Waals surface area contributed by atoms with Crippen LogP contribution in [0.5, 0.6) is 0 Å². The van der Waals surface area contributed by atoms with E-state index in [1.54, 1.807) is 23.9 Å². The van der Waals surface area contributed by atoms with E-state index in [1.807, 2.05) is 0 Å². The number of hydrogen-bond acceptors (Lipinski definition) is 5. The Balaban J connectivity index is 1.60. The number of carbonyl (C=O) groups is 1. The number of halogens is 1. The third-order valence-electron chi connectivity index (χ3n) is 3.30. The summed E-state index contributed by atoms with van der Waals surface area (Å²) in [5, 5.41) is 7.09. The van der Waals surface area contributed by atoms with Gasteiger partial charge in [0.05, 0.1) is 11.6 Å². The summed E-state index contributed by atoms with van der Waals surface area (Å²) < 4.78 is 12.3. The minimum Gasteiger partial charge on any atom is -0.368 e. The number of carbonyl (C=O) groups excluding carboxylic acids is 1. The zero-order chi connectivity index (χ0) is 14.8. The van der Waals surface area contributed by atoms with E-state index in [1.165, 1.54) is 0 Å². The average Bonchev–Trinajstić information content (AvgIpc) is 3.15. The first-order chi connectivity index (χ1) is 10.1. The van der Waals surface area contributed by atoms with Gasteiger partial charge in [0.2, 0.25) is 0 Å². The minimum absolute atomic E-state index is 0.117. The van der Waals surface area contributed by atoms with Gasteiger partial charge in [0.25, 0.3) is 11.8 Å². The van der Waals surface area contributed by atoms with E-state index in [2.05, 4.69) is 15.5 Å². The number of rotatable bonds is 4. The van der Waals surface area contributed by atoms with Crippen LogP contribution in [-0.4, -0.2) is 27.2 Å². The minimum atomic E-state index is -0.243. The van der Waals surface area contributed by atoms with Crippen molar-refractivity contribution in [2.75, 3.05) is 6.61 Å². The molecule has 1 fully saturated rings. The van der Waals surface area contributed by atoms with Crippen molar-refractivity contribution in [2.45, 2.75) is 25.5 Å². The Bertz CT molecular complexity index is 646. The highest BCUT2D eigenvalue weighted by molar-refractivity contribution is 6.31. The fraction of sp³-hybridized carbons (Fsp3) is 0.462. The first-order valence-electron chi connectivity index (χ1n) is 6.67. The van der Waals surface area contributed by atoms with Crippen LogP contribution in [0.4, 0.5) is 0 Å². The molecule has 0 aliphatic carbocycles. The van der Waals surface area contributed by atoms with E-state index >= 15 is 0 Å². The molecule has 1 atom stereocenters. The average molecular weight is 311 g/mol. The van der Waals surface area contributed by atoms with Crippen molar-refractivity contribution in [3.05, 3.63) is 34.7 Å². The number of ether oxygens (including phenoxy) is 1. The van der Waals surface area contributed by atoms with Crippen molar-refractivity contribution in [2.24, 2.45) is 7.05 Å². The highest BCUT2D eigenvalue weighted by Gasteiger charge is 2.24. The second-order valence-electron chi connectivity index (χ2n) is 4.89. The first-order valence-corrected chi connectivity index (χ1v) is 7.05. The molecule has 0 spiro atoms. The molecule has 0 radical (unpaired) electrons. The van der Waals surface area contributed by atoms with Crippen LogP contribution in [0.15, 0.2) is 16.8 Å². The second kappa shape index (κ2) is 5.87. The van der Waals surface area contributed by atoms with Gasteiger partial charge >= 0.3 is 0 Å². The second-order valence-corrected chi connectivity index (χ2v) is 5.32. The van der Waals surface area contributed by atoms with Crippen molar-refractivity contribution < 1.29 is 14.1 Å². The normalized spacial score (nSPS) is 18.1. The van der Waals surface area contributed by atoms with Crippen molar-refractivity contribution in [3.8, 4) is 0 Å². The summed E-state index contributed by atoms with van der Waals surface area (Å²) in [5.74, 6) is 0.653. The molecule has 8 heteroatoms. The van der Waals surface area contributed by atoms with Gasteiger partial charge < -0.3 is 19.1 Å². The smallest absolute Gasteiger partial charge is 0.268 e. The molecule has 1 aliphatic rings. The number of aromatic nitrogens is 3. The van der Waals surface area contributed by atoms with Gasteiger partial charge in [0, 0.05) is 19.9 Å². The molecule has 1 saturated heterocycles. The molecule has 0 unspecified atom stereocenters. The topological polar surface area (TPSA) is 82.2 Å². The van der Waals surface area contributed by atoms with E-state index in [0.717, 1.165) is 12.8 Å². The SMILES string of the molecule is Cn1cc(Cl)cc1C(=O)NCc1noc([C@H]2CCCO2)n1. The number of amides is 1. The summed E-state index contributed by atoms with van der Waals surface area (Å²) in [6, 6.07) is 1.60. The molecular weight excluding hydrogens is 296 g/mol. The van der Waals surface area contributed by atoms with Gasteiger partial charge in [0.1, 0.15) is 11.8 Å². The molecule has 0 bridgehead atoms. The van der Waals surface area contributed by atoms with E-state index in [4.69, 9.17) is 20.9 Å². The number of hydrogen-bond donors (Lipinski definition) is 1. The first kappa shape index (κ1) is 14.1.